The number of fused-ring (bicyclic) bond motifs is 1. The first kappa shape index (κ1) is 34.9. The number of nitrogens with zero attached hydrogens (tertiary/aromatic N) is 2. The molecule has 10 nitrogen and oxygen atoms in total. The Morgan fingerprint density at radius 3 is 1.69 bits per heavy atom. The van der Waals surface area contributed by atoms with Crippen LogP contribution >= 0.6 is 0 Å². The van der Waals surface area contributed by atoms with Crippen molar-refractivity contribution in [1.82, 2.24) is 0 Å². The van der Waals surface area contributed by atoms with Crippen LogP contribution in [0.5, 0.6) is 34.5 Å². The summed E-state index contributed by atoms with van der Waals surface area (Å²) in [6.07, 6.45) is 6.63. The van der Waals surface area contributed by atoms with Crippen LogP contribution in [0, 0.1) is 0 Å². The number of azo groups is 1. The Kier molecular flexibility index (Phi) is 13.0. The fourth-order valence-corrected chi connectivity index (χ4v) is 4.76. The summed E-state index contributed by atoms with van der Waals surface area (Å²) in [6, 6.07) is 23.7. The van der Waals surface area contributed by atoms with Crippen LogP contribution in [0.2, 0.25) is 0 Å². The number of ether oxygens (including phenoxy) is 6. The third-order valence-corrected chi connectivity index (χ3v) is 7.57. The highest BCUT2D eigenvalue weighted by molar-refractivity contribution is 5.92. The van der Waals surface area contributed by atoms with Gasteiger partial charge in [-0.15, -0.1) is 5.11 Å². The number of esters is 2. The van der Waals surface area contributed by atoms with Gasteiger partial charge in [0.25, 0.3) is 0 Å². The molecule has 49 heavy (non-hydrogen) atoms. The van der Waals surface area contributed by atoms with Crippen molar-refractivity contribution in [3.05, 3.63) is 96.1 Å². The maximum atomic E-state index is 13.1. The zero-order chi connectivity index (χ0) is 34.3. The van der Waals surface area contributed by atoms with Crippen molar-refractivity contribution >= 4 is 23.3 Å². The van der Waals surface area contributed by atoms with E-state index < -0.39 is 11.9 Å². The van der Waals surface area contributed by atoms with Crippen LogP contribution in [0.1, 0.15) is 79.5 Å². The molecular formula is C39H42N2O8. The Morgan fingerprint density at radius 1 is 0.592 bits per heavy atom. The first-order valence-electron chi connectivity index (χ1n) is 16.9. The quantitative estimate of drug-likeness (QED) is 0.0565. The average molecular weight is 667 g/mol. The van der Waals surface area contributed by atoms with E-state index >= 15 is 0 Å². The fourth-order valence-electron chi connectivity index (χ4n) is 4.76. The van der Waals surface area contributed by atoms with Crippen molar-refractivity contribution in [3.63, 3.8) is 0 Å². The summed E-state index contributed by atoms with van der Waals surface area (Å²) in [5.74, 6) is 1.65. The predicted molar refractivity (Wildman–Crippen MR) is 186 cm³/mol. The predicted octanol–water partition coefficient (Wildman–Crippen LogP) is 9.84. The van der Waals surface area contributed by atoms with Crippen molar-refractivity contribution in [3.8, 4) is 34.5 Å². The summed E-state index contributed by atoms with van der Waals surface area (Å²) in [7, 11) is 0. The molecule has 1 heterocycles. The number of benzene rings is 4. The van der Waals surface area contributed by atoms with Gasteiger partial charge in [-0.2, -0.15) is 5.11 Å². The Bertz CT molecular complexity index is 1690. The van der Waals surface area contributed by atoms with Gasteiger partial charge in [0.15, 0.2) is 11.5 Å². The zero-order valence-electron chi connectivity index (χ0n) is 28.0. The summed E-state index contributed by atoms with van der Waals surface area (Å²) in [4.78, 5) is 25.7. The first-order chi connectivity index (χ1) is 24.0. The van der Waals surface area contributed by atoms with E-state index in [9.17, 15) is 9.59 Å². The topological polar surface area (TPSA) is 114 Å². The van der Waals surface area contributed by atoms with E-state index in [2.05, 4.69) is 24.1 Å². The van der Waals surface area contributed by atoms with Crippen molar-refractivity contribution in [2.45, 2.75) is 58.8 Å². The van der Waals surface area contributed by atoms with Gasteiger partial charge in [-0.3, -0.25) is 0 Å². The number of carbonyl (C=O) groups excluding carboxylic acids is 2. The average Bonchev–Trinajstić information content (AvgIpc) is 3.25. The second-order valence-corrected chi connectivity index (χ2v) is 11.4. The van der Waals surface area contributed by atoms with Crippen LogP contribution in [-0.2, 0) is 0 Å². The summed E-state index contributed by atoms with van der Waals surface area (Å²) in [5, 5.41) is 8.80. The third-order valence-electron chi connectivity index (χ3n) is 7.57. The second kappa shape index (κ2) is 18.2. The molecule has 0 unspecified atom stereocenters. The number of hydrogen-bond acceptors (Lipinski definition) is 10. The Hall–Kier alpha value is -5.38. The highest BCUT2D eigenvalue weighted by Gasteiger charge is 2.22. The molecule has 256 valence electrons. The molecule has 0 saturated heterocycles. The minimum absolute atomic E-state index is 0.231. The lowest BCUT2D eigenvalue weighted by molar-refractivity contribution is 0.0721. The van der Waals surface area contributed by atoms with Gasteiger partial charge in [-0.1, -0.05) is 26.7 Å². The molecule has 10 heteroatoms. The largest absolute Gasteiger partial charge is 0.494 e. The summed E-state index contributed by atoms with van der Waals surface area (Å²) in [6.45, 7) is 6.35. The van der Waals surface area contributed by atoms with Crippen molar-refractivity contribution in [1.29, 1.82) is 0 Å². The molecule has 4 aromatic carbocycles. The maximum Gasteiger partial charge on any atom is 0.343 e. The lowest BCUT2D eigenvalue weighted by Crippen LogP contribution is -2.10. The highest BCUT2D eigenvalue weighted by Crippen LogP contribution is 2.46. The van der Waals surface area contributed by atoms with Crippen molar-refractivity contribution in [2.24, 2.45) is 10.2 Å². The molecule has 0 spiro atoms. The van der Waals surface area contributed by atoms with Crippen LogP contribution < -0.4 is 28.4 Å². The summed E-state index contributed by atoms with van der Waals surface area (Å²) < 4.78 is 34.9. The Balaban J connectivity index is 1.26. The monoisotopic (exact) mass is 666 g/mol. The van der Waals surface area contributed by atoms with E-state index in [4.69, 9.17) is 28.4 Å². The smallest absolute Gasteiger partial charge is 0.343 e. The van der Waals surface area contributed by atoms with Gasteiger partial charge in [-0.25, -0.2) is 9.59 Å². The van der Waals surface area contributed by atoms with E-state index in [0.717, 1.165) is 44.9 Å². The summed E-state index contributed by atoms with van der Waals surface area (Å²) >= 11 is 0. The van der Waals surface area contributed by atoms with Crippen LogP contribution in [-0.4, -0.2) is 38.4 Å². The van der Waals surface area contributed by atoms with Crippen molar-refractivity contribution < 1.29 is 38.0 Å². The van der Waals surface area contributed by atoms with Gasteiger partial charge >= 0.3 is 11.9 Å². The molecule has 4 aromatic rings. The number of unbranched alkanes of at least 4 members (excludes halogenated alkanes) is 2. The molecule has 0 N–H and O–H groups in total. The Labute approximate surface area is 287 Å². The van der Waals surface area contributed by atoms with Gasteiger partial charge in [0.1, 0.15) is 22.9 Å². The highest BCUT2D eigenvalue weighted by atomic mass is 16.6. The van der Waals surface area contributed by atoms with E-state index in [1.54, 1.807) is 84.9 Å². The molecule has 0 bridgehead atoms. The van der Waals surface area contributed by atoms with E-state index in [0.29, 0.717) is 77.7 Å². The molecule has 0 saturated carbocycles. The fraction of sp³-hybridized carbons (Fsp3) is 0.333. The van der Waals surface area contributed by atoms with E-state index in [-0.39, 0.29) is 5.75 Å². The lowest BCUT2D eigenvalue weighted by atomic mass is 10.2. The summed E-state index contributed by atoms with van der Waals surface area (Å²) in [5.41, 5.74) is 1.75. The van der Waals surface area contributed by atoms with Crippen LogP contribution in [0.4, 0.5) is 11.4 Å². The molecule has 1 aliphatic heterocycles. The molecule has 0 aliphatic carbocycles. The van der Waals surface area contributed by atoms with Crippen molar-refractivity contribution in [2.75, 3.05) is 26.4 Å². The van der Waals surface area contributed by atoms with E-state index in [1.807, 2.05) is 0 Å². The SMILES string of the molecule is CCCCOc1ccc(C(=O)Oc2ccc(N=Nc3ccc(OC(=O)c4ccc(OCCCC)cc4)c4c3OCCCCCO4)cc2)cc1. The van der Waals surface area contributed by atoms with Gasteiger partial charge in [0.2, 0.25) is 5.75 Å². The van der Waals surface area contributed by atoms with E-state index in [1.165, 1.54) is 0 Å². The van der Waals surface area contributed by atoms with Gasteiger partial charge in [0.05, 0.1) is 43.2 Å². The molecule has 0 fully saturated rings. The molecule has 0 aromatic heterocycles. The molecular weight excluding hydrogens is 624 g/mol. The zero-order valence-corrected chi connectivity index (χ0v) is 28.0. The second-order valence-electron chi connectivity index (χ2n) is 11.4. The minimum atomic E-state index is -0.533. The third kappa shape index (κ3) is 10.3. The van der Waals surface area contributed by atoms with Crippen LogP contribution in [0.3, 0.4) is 0 Å². The molecule has 1 aliphatic rings. The molecule has 5 rings (SSSR count). The van der Waals surface area contributed by atoms with Crippen LogP contribution in [0.15, 0.2) is 95.2 Å². The number of rotatable bonds is 14. The van der Waals surface area contributed by atoms with Crippen LogP contribution in [0.25, 0.3) is 0 Å². The molecule has 0 amide bonds. The van der Waals surface area contributed by atoms with Gasteiger partial charge in [-0.05, 0) is 117 Å². The molecule has 0 atom stereocenters. The Morgan fingerprint density at radius 2 is 1.12 bits per heavy atom. The normalized spacial score (nSPS) is 12.8. The minimum Gasteiger partial charge on any atom is -0.494 e. The van der Waals surface area contributed by atoms with Gasteiger partial charge in [0, 0.05) is 0 Å². The first-order valence-corrected chi connectivity index (χ1v) is 16.9. The number of hydrogen-bond donors (Lipinski definition) is 0. The lowest BCUT2D eigenvalue weighted by Gasteiger charge is -2.16. The molecule has 0 radical (unpaired) electrons. The number of carbonyl (C=O) groups is 2. The standard InChI is InChI=1S/C39H42N2O8/c1-3-5-24-44-31-16-10-28(11-17-31)38(42)48-33-20-14-30(15-21-33)40-41-34-22-23-35(37-36(34)46-26-8-7-9-27-47-37)49-39(43)29-12-18-32(19-13-29)45-25-6-4-2/h10-23H,3-9,24-27H2,1-2H3. The van der Waals surface area contributed by atoms with Gasteiger partial charge < -0.3 is 28.4 Å². The maximum absolute atomic E-state index is 13.1.